The van der Waals surface area contributed by atoms with E-state index in [1.807, 2.05) is 0 Å². The van der Waals surface area contributed by atoms with Crippen LogP contribution in [-0.4, -0.2) is 14.4 Å². The Morgan fingerprint density at radius 3 is 2.26 bits per heavy atom. The maximum Gasteiger partial charge on any atom is 0.319 e. The first kappa shape index (κ1) is 23.4. The maximum absolute atomic E-state index is 12.9. The second kappa shape index (κ2) is 9.92. The van der Waals surface area contributed by atoms with Gasteiger partial charge in [-0.2, -0.15) is 0 Å². The zero-order chi connectivity index (χ0) is 22.6. The Morgan fingerprint density at radius 2 is 1.58 bits per heavy atom. The molecule has 0 saturated heterocycles. The van der Waals surface area contributed by atoms with Crippen LogP contribution in [0.2, 0.25) is 15.1 Å². The van der Waals surface area contributed by atoms with E-state index in [9.17, 15) is 13.2 Å². The molecule has 0 radical (unpaired) electrons. The van der Waals surface area contributed by atoms with Gasteiger partial charge < -0.3 is 10.6 Å². The van der Waals surface area contributed by atoms with E-state index in [1.54, 1.807) is 61.5 Å². The molecule has 3 rings (SSSR count). The molecule has 31 heavy (non-hydrogen) atoms. The molecule has 3 aromatic rings. The first-order valence-corrected chi connectivity index (χ1v) is 12.0. The van der Waals surface area contributed by atoms with Crippen LogP contribution in [0.15, 0.2) is 65.6 Å². The number of hydrogen-bond donors (Lipinski definition) is 2. The van der Waals surface area contributed by atoms with Crippen LogP contribution >= 0.6 is 34.8 Å². The Labute approximate surface area is 196 Å². The third-order valence-electron chi connectivity index (χ3n) is 4.51. The number of sulfone groups is 1. The van der Waals surface area contributed by atoms with Crippen LogP contribution in [0, 0.1) is 6.92 Å². The van der Waals surface area contributed by atoms with Crippen molar-refractivity contribution in [1.82, 2.24) is 5.32 Å². The van der Waals surface area contributed by atoms with Crippen LogP contribution in [0.1, 0.15) is 16.7 Å². The number of nitrogens with one attached hydrogen (secondary N) is 2. The highest BCUT2D eigenvalue weighted by molar-refractivity contribution is 7.90. The summed E-state index contributed by atoms with van der Waals surface area (Å²) in [6.45, 7) is 1.90. The average Bonchev–Trinajstić information content (AvgIpc) is 2.70. The molecule has 0 aliphatic carbocycles. The topological polar surface area (TPSA) is 75.3 Å². The molecule has 0 spiro atoms. The minimum Gasteiger partial charge on any atom is -0.334 e. The number of anilines is 1. The van der Waals surface area contributed by atoms with Gasteiger partial charge >= 0.3 is 6.03 Å². The molecule has 3 aromatic carbocycles. The van der Waals surface area contributed by atoms with Crippen molar-refractivity contribution < 1.29 is 13.2 Å². The van der Waals surface area contributed by atoms with Gasteiger partial charge in [-0.05, 0) is 60.0 Å². The van der Waals surface area contributed by atoms with Crippen molar-refractivity contribution in [3.05, 3.63) is 92.4 Å². The predicted octanol–water partition coefficient (Wildman–Crippen LogP) is 6.25. The highest BCUT2D eigenvalue weighted by Gasteiger charge is 2.19. The lowest BCUT2D eigenvalue weighted by Gasteiger charge is -2.12. The molecular formula is C22H19Cl3N2O3S. The summed E-state index contributed by atoms with van der Waals surface area (Å²) in [6.07, 6.45) is 0. The summed E-state index contributed by atoms with van der Waals surface area (Å²) in [5, 5.41) is 6.82. The lowest BCUT2D eigenvalue weighted by molar-refractivity contribution is 0.251. The fourth-order valence-corrected chi connectivity index (χ4v) is 5.16. The number of halogens is 3. The van der Waals surface area contributed by atoms with Crippen LogP contribution < -0.4 is 10.6 Å². The average molecular weight is 498 g/mol. The molecule has 0 bridgehead atoms. The first-order chi connectivity index (χ1) is 14.6. The van der Waals surface area contributed by atoms with Gasteiger partial charge in [0.25, 0.3) is 0 Å². The number of amides is 2. The van der Waals surface area contributed by atoms with Gasteiger partial charge in [-0.1, -0.05) is 59.1 Å². The number of benzene rings is 3. The standard InChI is InChI=1S/C22H19Cl3N2O3S/c1-14-2-9-19(27-22(28)26-12-16-5-8-18(24)10-20(16)25)11-21(14)31(29,30)13-15-3-6-17(23)7-4-15/h2-11H,12-13H2,1H3,(H2,26,27,28). The molecule has 0 fully saturated rings. The molecule has 0 aliphatic heterocycles. The molecule has 0 saturated carbocycles. The summed E-state index contributed by atoms with van der Waals surface area (Å²) in [6, 6.07) is 15.9. The number of urea groups is 1. The Morgan fingerprint density at radius 1 is 0.903 bits per heavy atom. The van der Waals surface area contributed by atoms with Gasteiger partial charge in [-0.3, -0.25) is 0 Å². The summed E-state index contributed by atoms with van der Waals surface area (Å²) in [5.41, 5.74) is 2.28. The molecule has 2 amide bonds. The number of hydrogen-bond acceptors (Lipinski definition) is 3. The summed E-state index contributed by atoms with van der Waals surface area (Å²) in [7, 11) is -3.62. The van der Waals surface area contributed by atoms with Gasteiger partial charge in [-0.25, -0.2) is 13.2 Å². The Bertz CT molecular complexity index is 1210. The van der Waals surface area contributed by atoms with E-state index < -0.39 is 15.9 Å². The van der Waals surface area contributed by atoms with Gasteiger partial charge in [0, 0.05) is 27.3 Å². The summed E-state index contributed by atoms with van der Waals surface area (Å²) < 4.78 is 25.9. The van der Waals surface area contributed by atoms with Crippen LogP contribution in [-0.2, 0) is 22.1 Å². The van der Waals surface area contributed by atoms with E-state index in [0.717, 1.165) is 0 Å². The van der Waals surface area contributed by atoms with Crippen LogP contribution in [0.25, 0.3) is 0 Å². The molecule has 0 heterocycles. The predicted molar refractivity (Wildman–Crippen MR) is 126 cm³/mol. The number of rotatable bonds is 6. The van der Waals surface area contributed by atoms with Crippen molar-refractivity contribution in [2.45, 2.75) is 24.1 Å². The third kappa shape index (κ3) is 6.37. The first-order valence-electron chi connectivity index (χ1n) is 9.21. The van der Waals surface area contributed by atoms with Gasteiger partial charge in [0.05, 0.1) is 10.6 Å². The number of carbonyl (C=O) groups is 1. The second-order valence-corrected chi connectivity index (χ2v) is 10.1. The fraction of sp³-hybridized carbons (Fsp3) is 0.136. The van der Waals surface area contributed by atoms with Crippen molar-refractivity contribution in [3.8, 4) is 0 Å². The van der Waals surface area contributed by atoms with Gasteiger partial charge in [0.1, 0.15) is 0 Å². The second-order valence-electron chi connectivity index (χ2n) is 6.91. The quantitative estimate of drug-likeness (QED) is 0.422. The van der Waals surface area contributed by atoms with E-state index in [-0.39, 0.29) is 17.2 Å². The lowest BCUT2D eigenvalue weighted by atomic mass is 10.2. The third-order valence-corrected chi connectivity index (χ3v) is 7.17. The fourth-order valence-electron chi connectivity index (χ4n) is 2.91. The van der Waals surface area contributed by atoms with Crippen molar-refractivity contribution in [1.29, 1.82) is 0 Å². The van der Waals surface area contributed by atoms with Crippen molar-refractivity contribution in [2.24, 2.45) is 0 Å². The molecule has 162 valence electrons. The van der Waals surface area contributed by atoms with Crippen LogP contribution in [0.3, 0.4) is 0 Å². The number of carbonyl (C=O) groups excluding carboxylic acids is 1. The minimum atomic E-state index is -3.62. The Kier molecular flexibility index (Phi) is 7.49. The molecule has 0 aromatic heterocycles. The molecule has 0 atom stereocenters. The normalized spacial score (nSPS) is 11.2. The molecular weight excluding hydrogens is 479 g/mol. The van der Waals surface area contributed by atoms with Crippen LogP contribution in [0.4, 0.5) is 10.5 Å². The van der Waals surface area contributed by atoms with E-state index in [2.05, 4.69) is 10.6 Å². The smallest absolute Gasteiger partial charge is 0.319 e. The Balaban J connectivity index is 1.71. The van der Waals surface area contributed by atoms with E-state index in [0.29, 0.717) is 37.4 Å². The molecule has 0 aliphatic rings. The summed E-state index contributed by atoms with van der Waals surface area (Å²) in [4.78, 5) is 12.4. The zero-order valence-electron chi connectivity index (χ0n) is 16.5. The van der Waals surface area contributed by atoms with Crippen molar-refractivity contribution >= 4 is 56.4 Å². The molecule has 0 unspecified atom stereocenters. The molecule has 2 N–H and O–H groups in total. The lowest BCUT2D eigenvalue weighted by Crippen LogP contribution is -2.28. The highest BCUT2D eigenvalue weighted by Crippen LogP contribution is 2.25. The molecule has 5 nitrogen and oxygen atoms in total. The van der Waals surface area contributed by atoms with E-state index in [1.165, 1.54) is 6.07 Å². The minimum absolute atomic E-state index is 0.154. The van der Waals surface area contributed by atoms with E-state index >= 15 is 0 Å². The largest absolute Gasteiger partial charge is 0.334 e. The SMILES string of the molecule is Cc1ccc(NC(=O)NCc2ccc(Cl)cc2Cl)cc1S(=O)(=O)Cc1ccc(Cl)cc1. The van der Waals surface area contributed by atoms with Crippen LogP contribution in [0.5, 0.6) is 0 Å². The summed E-state index contributed by atoms with van der Waals surface area (Å²) in [5.74, 6) is -0.171. The highest BCUT2D eigenvalue weighted by atomic mass is 35.5. The van der Waals surface area contributed by atoms with E-state index in [4.69, 9.17) is 34.8 Å². The van der Waals surface area contributed by atoms with Gasteiger partial charge in [0.2, 0.25) is 0 Å². The monoisotopic (exact) mass is 496 g/mol. The van der Waals surface area contributed by atoms with Crippen molar-refractivity contribution in [2.75, 3.05) is 5.32 Å². The van der Waals surface area contributed by atoms with Crippen molar-refractivity contribution in [3.63, 3.8) is 0 Å². The summed E-state index contributed by atoms with van der Waals surface area (Å²) >= 11 is 17.8. The maximum atomic E-state index is 12.9. The molecule has 9 heteroatoms. The van der Waals surface area contributed by atoms with Gasteiger partial charge in [0.15, 0.2) is 9.84 Å². The Hall–Kier alpha value is -2.25. The number of aryl methyl sites for hydroxylation is 1. The van der Waals surface area contributed by atoms with Gasteiger partial charge in [-0.15, -0.1) is 0 Å². The zero-order valence-corrected chi connectivity index (χ0v) is 19.5.